The van der Waals surface area contributed by atoms with E-state index >= 15 is 0 Å². The molecule has 0 atom stereocenters. The molecule has 2 nitrogen and oxygen atoms in total. The van der Waals surface area contributed by atoms with Crippen LogP contribution in [0.3, 0.4) is 0 Å². The maximum Gasteiger partial charge on any atom is 0.0338 e. The Morgan fingerprint density at radius 1 is 0.950 bits per heavy atom. The van der Waals surface area contributed by atoms with Gasteiger partial charge in [0.15, 0.2) is 0 Å². The van der Waals surface area contributed by atoms with E-state index in [4.69, 9.17) is 0 Å². The molecule has 2 aliphatic carbocycles. The van der Waals surface area contributed by atoms with Crippen LogP contribution in [0.4, 0.5) is 0 Å². The van der Waals surface area contributed by atoms with Gasteiger partial charge >= 0.3 is 0 Å². The number of hydrogen-bond donors (Lipinski definition) is 1. The lowest BCUT2D eigenvalue weighted by Gasteiger charge is -2.57. The SMILES string of the molecule is C/C=C/CN1CC2(CCCCC2)NCC12CCCCC2. The van der Waals surface area contributed by atoms with Crippen LogP contribution in [0.2, 0.25) is 0 Å². The number of nitrogens with one attached hydrogen (secondary N) is 1. The first-order valence-corrected chi connectivity index (χ1v) is 8.90. The van der Waals surface area contributed by atoms with E-state index in [1.807, 2.05) is 0 Å². The fourth-order valence-corrected chi connectivity index (χ4v) is 4.81. The fourth-order valence-electron chi connectivity index (χ4n) is 4.81. The third-order valence-corrected chi connectivity index (χ3v) is 6.11. The molecule has 0 aromatic carbocycles. The molecule has 3 aliphatic rings. The summed E-state index contributed by atoms with van der Waals surface area (Å²) in [6.07, 6.45) is 18.8. The first-order chi connectivity index (χ1) is 9.79. The van der Waals surface area contributed by atoms with Crippen molar-refractivity contribution >= 4 is 0 Å². The summed E-state index contributed by atoms with van der Waals surface area (Å²) in [6, 6.07) is 0. The molecule has 0 bridgehead atoms. The van der Waals surface area contributed by atoms with Gasteiger partial charge in [-0.2, -0.15) is 0 Å². The highest BCUT2D eigenvalue weighted by Crippen LogP contribution is 2.40. The molecule has 3 fully saturated rings. The second-order valence-electron chi connectivity index (χ2n) is 7.43. The normalized spacial score (nSPS) is 30.2. The smallest absolute Gasteiger partial charge is 0.0338 e. The van der Waals surface area contributed by atoms with Gasteiger partial charge in [0.1, 0.15) is 0 Å². The van der Waals surface area contributed by atoms with Crippen LogP contribution in [0.5, 0.6) is 0 Å². The Labute approximate surface area is 125 Å². The van der Waals surface area contributed by atoms with Gasteiger partial charge in [-0.05, 0) is 32.6 Å². The zero-order chi connectivity index (χ0) is 13.9. The van der Waals surface area contributed by atoms with Gasteiger partial charge in [-0.1, -0.05) is 50.7 Å². The van der Waals surface area contributed by atoms with Crippen molar-refractivity contribution in [2.24, 2.45) is 0 Å². The Bertz CT molecular complexity index is 335. The summed E-state index contributed by atoms with van der Waals surface area (Å²) < 4.78 is 0. The van der Waals surface area contributed by atoms with E-state index in [0.29, 0.717) is 11.1 Å². The Morgan fingerprint density at radius 3 is 2.25 bits per heavy atom. The van der Waals surface area contributed by atoms with E-state index in [2.05, 4.69) is 29.3 Å². The number of allylic oxidation sites excluding steroid dienone is 1. The van der Waals surface area contributed by atoms with Crippen LogP contribution in [0.1, 0.15) is 71.1 Å². The molecule has 3 rings (SSSR count). The van der Waals surface area contributed by atoms with Crippen molar-refractivity contribution in [2.75, 3.05) is 19.6 Å². The molecular formula is C18H32N2. The van der Waals surface area contributed by atoms with E-state index in [1.165, 1.54) is 83.8 Å². The van der Waals surface area contributed by atoms with E-state index in [1.54, 1.807) is 0 Å². The predicted molar refractivity (Wildman–Crippen MR) is 86.0 cm³/mol. The summed E-state index contributed by atoms with van der Waals surface area (Å²) in [5, 5.41) is 4.04. The first kappa shape index (κ1) is 14.6. The Balaban J connectivity index is 1.75. The lowest BCUT2D eigenvalue weighted by atomic mass is 9.73. The van der Waals surface area contributed by atoms with E-state index in [-0.39, 0.29) is 0 Å². The minimum atomic E-state index is 0.447. The van der Waals surface area contributed by atoms with Gasteiger partial charge < -0.3 is 5.32 Å². The van der Waals surface area contributed by atoms with Crippen LogP contribution in [0, 0.1) is 0 Å². The zero-order valence-electron chi connectivity index (χ0n) is 13.3. The van der Waals surface area contributed by atoms with Gasteiger partial charge in [0.05, 0.1) is 0 Å². The molecule has 0 aromatic heterocycles. The molecule has 1 heterocycles. The average Bonchev–Trinajstić information content (AvgIpc) is 2.51. The Hall–Kier alpha value is -0.340. The number of hydrogen-bond acceptors (Lipinski definition) is 2. The van der Waals surface area contributed by atoms with Crippen molar-refractivity contribution in [1.82, 2.24) is 10.2 Å². The molecule has 1 saturated heterocycles. The average molecular weight is 276 g/mol. The molecule has 2 heteroatoms. The molecule has 2 saturated carbocycles. The molecular weight excluding hydrogens is 244 g/mol. The van der Waals surface area contributed by atoms with Crippen LogP contribution < -0.4 is 5.32 Å². The molecule has 1 aliphatic heterocycles. The molecule has 0 amide bonds. The number of nitrogens with zero attached hydrogens (tertiary/aromatic N) is 1. The summed E-state index contributed by atoms with van der Waals surface area (Å²) in [6.45, 7) is 5.86. The monoisotopic (exact) mass is 276 g/mol. The van der Waals surface area contributed by atoms with Gasteiger partial charge in [-0.3, -0.25) is 4.90 Å². The van der Waals surface area contributed by atoms with Crippen molar-refractivity contribution in [3.8, 4) is 0 Å². The molecule has 0 aromatic rings. The van der Waals surface area contributed by atoms with E-state index in [9.17, 15) is 0 Å². The van der Waals surface area contributed by atoms with Crippen molar-refractivity contribution in [3.63, 3.8) is 0 Å². The molecule has 0 unspecified atom stereocenters. The van der Waals surface area contributed by atoms with Crippen LogP contribution >= 0.6 is 0 Å². The zero-order valence-corrected chi connectivity index (χ0v) is 13.3. The molecule has 20 heavy (non-hydrogen) atoms. The van der Waals surface area contributed by atoms with Crippen LogP contribution in [-0.4, -0.2) is 35.6 Å². The van der Waals surface area contributed by atoms with Crippen LogP contribution in [-0.2, 0) is 0 Å². The highest BCUT2D eigenvalue weighted by Gasteiger charge is 2.47. The summed E-state index contributed by atoms with van der Waals surface area (Å²) in [7, 11) is 0. The van der Waals surface area contributed by atoms with Crippen molar-refractivity contribution < 1.29 is 0 Å². The molecule has 0 radical (unpaired) electrons. The summed E-state index contributed by atoms with van der Waals surface area (Å²) in [5.41, 5.74) is 0.920. The summed E-state index contributed by atoms with van der Waals surface area (Å²) in [4.78, 5) is 2.86. The second-order valence-corrected chi connectivity index (χ2v) is 7.43. The second kappa shape index (κ2) is 6.19. The van der Waals surface area contributed by atoms with E-state index in [0.717, 1.165) is 0 Å². The lowest BCUT2D eigenvalue weighted by Crippen LogP contribution is -2.70. The van der Waals surface area contributed by atoms with E-state index < -0.39 is 0 Å². The predicted octanol–water partition coefficient (Wildman–Crippen LogP) is 3.87. The van der Waals surface area contributed by atoms with Gasteiger partial charge in [-0.25, -0.2) is 0 Å². The lowest BCUT2D eigenvalue weighted by molar-refractivity contribution is -0.0221. The van der Waals surface area contributed by atoms with Crippen LogP contribution in [0.25, 0.3) is 0 Å². The van der Waals surface area contributed by atoms with Gasteiger partial charge in [0, 0.05) is 30.7 Å². The highest BCUT2D eigenvalue weighted by molar-refractivity contribution is 5.08. The highest BCUT2D eigenvalue weighted by atomic mass is 15.3. The third-order valence-electron chi connectivity index (χ3n) is 6.11. The minimum Gasteiger partial charge on any atom is -0.308 e. The molecule has 114 valence electrons. The fraction of sp³-hybridized carbons (Fsp3) is 0.889. The Kier molecular flexibility index (Phi) is 4.52. The standard InChI is InChI=1S/C18H32N2/c1-2-3-14-20-16-17(10-6-4-7-11-17)19-15-18(20)12-8-5-9-13-18/h2-3,19H,4-16H2,1H3/b3-2+. The third kappa shape index (κ3) is 2.82. The van der Waals surface area contributed by atoms with Crippen LogP contribution in [0.15, 0.2) is 12.2 Å². The number of rotatable bonds is 2. The maximum atomic E-state index is 4.04. The molecule has 1 N–H and O–H groups in total. The quantitative estimate of drug-likeness (QED) is 0.770. The van der Waals surface area contributed by atoms with Gasteiger partial charge in [-0.15, -0.1) is 0 Å². The Morgan fingerprint density at radius 2 is 1.60 bits per heavy atom. The molecule has 2 spiro atoms. The van der Waals surface area contributed by atoms with Crippen molar-refractivity contribution in [3.05, 3.63) is 12.2 Å². The topological polar surface area (TPSA) is 15.3 Å². The van der Waals surface area contributed by atoms with Gasteiger partial charge in [0.25, 0.3) is 0 Å². The number of piperazine rings is 1. The summed E-state index contributed by atoms with van der Waals surface area (Å²) >= 11 is 0. The minimum absolute atomic E-state index is 0.447. The largest absolute Gasteiger partial charge is 0.308 e. The van der Waals surface area contributed by atoms with Gasteiger partial charge in [0.2, 0.25) is 0 Å². The van der Waals surface area contributed by atoms with Crippen molar-refractivity contribution in [2.45, 2.75) is 82.2 Å². The summed E-state index contributed by atoms with van der Waals surface area (Å²) in [5.74, 6) is 0. The van der Waals surface area contributed by atoms with Crippen molar-refractivity contribution in [1.29, 1.82) is 0 Å². The maximum absolute atomic E-state index is 4.04. The first-order valence-electron chi connectivity index (χ1n) is 8.90.